The Morgan fingerprint density at radius 2 is 2.12 bits per heavy atom. The number of morpholine rings is 1. The molecule has 212 valence electrons. The zero-order valence-electron chi connectivity index (χ0n) is 21.2. The third kappa shape index (κ3) is 4.93. The van der Waals surface area contributed by atoms with Crippen LogP contribution in [0, 0.1) is 0 Å². The Labute approximate surface area is 236 Å². The first kappa shape index (κ1) is 27.0. The van der Waals surface area contributed by atoms with Gasteiger partial charge in [0.25, 0.3) is 6.43 Å². The van der Waals surface area contributed by atoms with Crippen LogP contribution in [0.15, 0.2) is 30.6 Å². The largest absolute Gasteiger partial charge is 0.480 e. The molecule has 0 saturated carbocycles. The van der Waals surface area contributed by atoms with E-state index >= 15 is 0 Å². The molecule has 11 nitrogen and oxygen atoms in total. The number of hydrogen-bond acceptors (Lipinski definition) is 11. The molecule has 3 aromatic heterocycles. The molecule has 0 unspecified atom stereocenters. The van der Waals surface area contributed by atoms with Crippen LogP contribution in [0.1, 0.15) is 25.6 Å². The van der Waals surface area contributed by atoms with Gasteiger partial charge < -0.3 is 29.1 Å². The molecule has 3 aliphatic rings. The summed E-state index contributed by atoms with van der Waals surface area (Å²) in [6.45, 7) is 4.15. The molecule has 40 heavy (non-hydrogen) atoms. The number of rotatable bonds is 7. The van der Waals surface area contributed by atoms with Gasteiger partial charge >= 0.3 is 5.97 Å². The van der Waals surface area contributed by atoms with E-state index in [0.717, 1.165) is 11.5 Å². The molecule has 6 rings (SSSR count). The first-order chi connectivity index (χ1) is 19.2. The van der Waals surface area contributed by atoms with Gasteiger partial charge in [-0.1, -0.05) is 11.6 Å². The van der Waals surface area contributed by atoms with Crippen molar-refractivity contribution >= 4 is 40.6 Å². The van der Waals surface area contributed by atoms with Gasteiger partial charge in [0.1, 0.15) is 29.3 Å². The summed E-state index contributed by atoms with van der Waals surface area (Å²) < 4.78 is 49.2. The fourth-order valence-corrected chi connectivity index (χ4v) is 6.02. The number of nitrogens with zero attached hydrogens (tertiary/aromatic N) is 6. The Balaban J connectivity index is 1.29. The van der Waals surface area contributed by atoms with Crippen molar-refractivity contribution in [3.63, 3.8) is 0 Å². The maximum Gasteiger partial charge on any atom is 0.326 e. The topological polar surface area (TPSA) is 123 Å². The Bertz CT molecular complexity index is 1400. The maximum absolute atomic E-state index is 13.7. The van der Waals surface area contributed by atoms with E-state index in [1.54, 1.807) is 12.1 Å². The monoisotopic (exact) mass is 594 g/mol. The molecule has 3 aliphatic heterocycles. The van der Waals surface area contributed by atoms with Crippen LogP contribution in [-0.4, -0.2) is 87.1 Å². The van der Waals surface area contributed by atoms with E-state index in [1.165, 1.54) is 23.4 Å². The van der Waals surface area contributed by atoms with E-state index in [0.29, 0.717) is 47.8 Å². The number of alkyl halides is 2. The number of carboxylic acid groups (broad SMARTS) is 1. The summed E-state index contributed by atoms with van der Waals surface area (Å²) in [5, 5.41) is 10.4. The minimum absolute atomic E-state index is 0.0524. The van der Waals surface area contributed by atoms with E-state index in [9.17, 15) is 18.7 Å². The van der Waals surface area contributed by atoms with Crippen molar-refractivity contribution in [3.8, 4) is 16.5 Å². The standard InChI is InChI=1S/C25H25ClF2N6O5S/c1-13-25(11-37-12-25)38-5-4-33(13)17-6-14(26)9-29-23(17)39-15-7-18(24(35)36)34(10-15)20-8-16(19-2-3-30-40-19)31-22(32-20)21(27)28/h2-3,6,8-9,13,15,18,21H,4-5,7,10-12H2,1H3,(H,35,36)/t13-,15-,18-/m0/s1. The summed E-state index contributed by atoms with van der Waals surface area (Å²) in [7, 11) is 0. The van der Waals surface area contributed by atoms with Gasteiger partial charge in [0.2, 0.25) is 5.88 Å². The van der Waals surface area contributed by atoms with Crippen LogP contribution < -0.4 is 14.5 Å². The van der Waals surface area contributed by atoms with Crippen molar-refractivity contribution in [1.82, 2.24) is 19.3 Å². The molecule has 6 heterocycles. The number of aromatic nitrogens is 4. The highest BCUT2D eigenvalue weighted by Gasteiger charge is 2.50. The summed E-state index contributed by atoms with van der Waals surface area (Å²) in [5.41, 5.74) is 0.476. The predicted octanol–water partition coefficient (Wildman–Crippen LogP) is 3.69. The van der Waals surface area contributed by atoms with E-state index < -0.39 is 36.0 Å². The van der Waals surface area contributed by atoms with Crippen LogP contribution in [0.2, 0.25) is 5.02 Å². The van der Waals surface area contributed by atoms with Crippen LogP contribution in [0.25, 0.3) is 10.6 Å². The fourth-order valence-electron chi connectivity index (χ4n) is 5.31. The number of carbonyl (C=O) groups is 1. The SMILES string of the molecule is C[C@@H]1N(c2cc(Cl)cnc2O[C@H]2C[C@@H](C(=O)O)N(c3cc(-c4ccns4)nc(C(F)F)n3)C2)CCOC12COC2. The molecule has 0 bridgehead atoms. The number of pyridine rings is 1. The lowest BCUT2D eigenvalue weighted by Crippen LogP contribution is -2.68. The molecule has 1 N–H and O–H groups in total. The van der Waals surface area contributed by atoms with E-state index in [1.807, 2.05) is 6.92 Å². The predicted molar refractivity (Wildman–Crippen MR) is 141 cm³/mol. The fraction of sp³-hybridized carbons (Fsp3) is 0.480. The van der Waals surface area contributed by atoms with Crippen molar-refractivity contribution in [1.29, 1.82) is 0 Å². The van der Waals surface area contributed by atoms with Gasteiger partial charge in [-0.15, -0.1) is 0 Å². The van der Waals surface area contributed by atoms with Crippen LogP contribution >= 0.6 is 23.1 Å². The molecule has 0 aromatic carbocycles. The van der Waals surface area contributed by atoms with E-state index in [4.69, 9.17) is 25.8 Å². The molecule has 0 amide bonds. The second-order valence-corrected chi connectivity index (χ2v) is 11.2. The molecule has 1 spiro atoms. The second-order valence-electron chi connectivity index (χ2n) is 9.88. The summed E-state index contributed by atoms with van der Waals surface area (Å²) in [6, 6.07) is 3.80. The lowest BCUT2D eigenvalue weighted by Gasteiger charge is -2.53. The Hall–Kier alpha value is -3.20. The zero-order valence-corrected chi connectivity index (χ0v) is 22.8. The minimum Gasteiger partial charge on any atom is -0.480 e. The van der Waals surface area contributed by atoms with Gasteiger partial charge in [0.15, 0.2) is 5.82 Å². The third-order valence-corrected chi connectivity index (χ3v) is 8.46. The minimum atomic E-state index is -2.94. The Morgan fingerprint density at radius 1 is 1.30 bits per heavy atom. The molecule has 3 saturated heterocycles. The highest BCUT2D eigenvalue weighted by Crippen LogP contribution is 2.40. The molecule has 3 fully saturated rings. The van der Waals surface area contributed by atoms with Crippen molar-refractivity contribution in [2.45, 2.75) is 43.6 Å². The Morgan fingerprint density at radius 3 is 2.80 bits per heavy atom. The van der Waals surface area contributed by atoms with Crippen LogP contribution in [0.4, 0.5) is 20.3 Å². The first-order valence-electron chi connectivity index (χ1n) is 12.6. The number of aliphatic carboxylic acids is 1. The molecule has 0 radical (unpaired) electrons. The van der Waals surface area contributed by atoms with Crippen molar-refractivity contribution in [3.05, 3.63) is 41.4 Å². The van der Waals surface area contributed by atoms with Gasteiger partial charge in [-0.25, -0.2) is 32.9 Å². The number of anilines is 2. The molecular formula is C25H25ClF2N6O5S. The summed E-state index contributed by atoms with van der Waals surface area (Å²) >= 11 is 7.41. The Kier molecular flexibility index (Phi) is 7.19. The highest BCUT2D eigenvalue weighted by atomic mass is 35.5. The van der Waals surface area contributed by atoms with Crippen LogP contribution in [-0.2, 0) is 14.3 Å². The molecule has 15 heteroatoms. The molecular weight excluding hydrogens is 570 g/mol. The summed E-state index contributed by atoms with van der Waals surface area (Å²) in [6.07, 6.45) is -0.474. The third-order valence-electron chi connectivity index (χ3n) is 7.49. The van der Waals surface area contributed by atoms with E-state index in [-0.39, 0.29) is 30.5 Å². The van der Waals surface area contributed by atoms with Gasteiger partial charge in [-0.05, 0) is 30.6 Å². The van der Waals surface area contributed by atoms with Crippen molar-refractivity contribution in [2.75, 3.05) is 42.7 Å². The van der Waals surface area contributed by atoms with Crippen molar-refractivity contribution in [2.24, 2.45) is 0 Å². The van der Waals surface area contributed by atoms with E-state index in [2.05, 4.69) is 24.2 Å². The van der Waals surface area contributed by atoms with Gasteiger partial charge in [0, 0.05) is 31.4 Å². The average molecular weight is 595 g/mol. The number of ether oxygens (including phenoxy) is 3. The second kappa shape index (κ2) is 10.7. The smallest absolute Gasteiger partial charge is 0.326 e. The summed E-state index contributed by atoms with van der Waals surface area (Å²) in [5.74, 6) is -1.44. The van der Waals surface area contributed by atoms with Gasteiger partial charge in [0.05, 0.1) is 48.0 Å². The van der Waals surface area contributed by atoms with Gasteiger partial charge in [-0.3, -0.25) is 0 Å². The van der Waals surface area contributed by atoms with Gasteiger partial charge in [-0.2, -0.15) is 0 Å². The van der Waals surface area contributed by atoms with Crippen LogP contribution in [0.3, 0.4) is 0 Å². The molecule has 3 atom stereocenters. The molecule has 3 aromatic rings. The average Bonchev–Trinajstić information content (AvgIpc) is 3.60. The number of halogens is 3. The maximum atomic E-state index is 13.7. The lowest BCUT2D eigenvalue weighted by atomic mass is 9.90. The number of hydrogen-bond donors (Lipinski definition) is 1. The lowest BCUT2D eigenvalue weighted by molar-refractivity contribution is -0.228. The van der Waals surface area contributed by atoms with Crippen LogP contribution in [0.5, 0.6) is 5.88 Å². The number of carboxylic acids is 1. The first-order valence-corrected chi connectivity index (χ1v) is 13.8. The highest BCUT2D eigenvalue weighted by molar-refractivity contribution is 7.09. The van der Waals surface area contributed by atoms with Crippen molar-refractivity contribution < 1.29 is 32.9 Å². The normalized spacial score (nSPS) is 24.0. The zero-order chi connectivity index (χ0) is 28.0. The molecule has 0 aliphatic carbocycles. The summed E-state index contributed by atoms with van der Waals surface area (Å²) in [4.78, 5) is 28.8. The quantitative estimate of drug-likeness (QED) is 0.431.